The molecule has 0 saturated carbocycles. The molecule has 152 valence electrons. The number of ether oxygens (including phenoxy) is 1. The topological polar surface area (TPSA) is 80.8 Å². The number of carbonyl (C=O) groups is 4. The van der Waals surface area contributed by atoms with E-state index in [4.69, 9.17) is 4.74 Å². The van der Waals surface area contributed by atoms with Crippen LogP contribution in [0.25, 0.3) is 0 Å². The molecule has 1 saturated heterocycles. The van der Waals surface area contributed by atoms with Gasteiger partial charge in [0.2, 0.25) is 11.8 Å². The number of amides is 2. The van der Waals surface area contributed by atoms with E-state index in [-0.39, 0.29) is 28.8 Å². The summed E-state index contributed by atoms with van der Waals surface area (Å²) in [5.74, 6) is -2.51. The average molecular weight is 468 g/mol. The lowest BCUT2D eigenvalue weighted by molar-refractivity contribution is -0.122. The second-order valence-electron chi connectivity index (χ2n) is 7.19. The summed E-state index contributed by atoms with van der Waals surface area (Å²) in [6, 6.07) is 13.0. The van der Waals surface area contributed by atoms with Crippen LogP contribution in [0.1, 0.15) is 33.6 Å². The van der Waals surface area contributed by atoms with Crippen molar-refractivity contribution in [2.75, 3.05) is 11.5 Å². The van der Waals surface area contributed by atoms with E-state index in [1.807, 2.05) is 12.2 Å². The number of carbonyl (C=O) groups excluding carboxylic acids is 4. The number of imide groups is 1. The van der Waals surface area contributed by atoms with Gasteiger partial charge in [-0.1, -0.05) is 52.3 Å². The first kappa shape index (κ1) is 20.2. The van der Waals surface area contributed by atoms with Crippen LogP contribution < -0.4 is 4.90 Å². The molecule has 30 heavy (non-hydrogen) atoms. The molecule has 2 amide bonds. The van der Waals surface area contributed by atoms with Gasteiger partial charge < -0.3 is 4.74 Å². The molecule has 0 aromatic heterocycles. The number of halogens is 1. The van der Waals surface area contributed by atoms with E-state index in [1.165, 1.54) is 6.07 Å². The first-order chi connectivity index (χ1) is 14.5. The minimum atomic E-state index is -0.760. The molecule has 0 unspecified atom stereocenters. The van der Waals surface area contributed by atoms with Crippen molar-refractivity contribution in [1.29, 1.82) is 0 Å². The minimum absolute atomic E-state index is 0.0782. The zero-order valence-electron chi connectivity index (χ0n) is 15.9. The van der Waals surface area contributed by atoms with Crippen molar-refractivity contribution in [3.63, 3.8) is 0 Å². The normalized spacial score (nSPS) is 20.2. The van der Waals surface area contributed by atoms with E-state index < -0.39 is 24.4 Å². The van der Waals surface area contributed by atoms with E-state index in [0.29, 0.717) is 18.4 Å². The second-order valence-corrected chi connectivity index (χ2v) is 8.11. The highest BCUT2D eigenvalue weighted by atomic mass is 79.9. The third kappa shape index (κ3) is 3.73. The zero-order chi connectivity index (χ0) is 21.3. The number of Topliss-reactive ketones (excluding diaryl/α,β-unsaturated/α-hetero) is 1. The number of para-hydroxylation sites is 1. The maximum absolute atomic E-state index is 12.9. The summed E-state index contributed by atoms with van der Waals surface area (Å²) < 4.78 is 6.04. The molecule has 4 rings (SSSR count). The summed E-state index contributed by atoms with van der Waals surface area (Å²) >= 11 is 3.30. The molecular weight excluding hydrogens is 450 g/mol. The van der Waals surface area contributed by atoms with Crippen molar-refractivity contribution in [1.82, 2.24) is 0 Å². The number of benzene rings is 2. The molecule has 1 fully saturated rings. The Kier molecular flexibility index (Phi) is 5.63. The van der Waals surface area contributed by atoms with Crippen LogP contribution in [0, 0.1) is 11.8 Å². The maximum Gasteiger partial charge on any atom is 0.340 e. The Morgan fingerprint density at radius 2 is 1.53 bits per heavy atom. The highest BCUT2D eigenvalue weighted by Gasteiger charge is 2.48. The molecule has 1 heterocycles. The van der Waals surface area contributed by atoms with Crippen LogP contribution in [0.5, 0.6) is 0 Å². The highest BCUT2D eigenvalue weighted by molar-refractivity contribution is 9.10. The van der Waals surface area contributed by atoms with Crippen LogP contribution in [0.15, 0.2) is 65.2 Å². The average Bonchev–Trinajstić information content (AvgIpc) is 3.02. The third-order valence-electron chi connectivity index (χ3n) is 5.37. The first-order valence-corrected chi connectivity index (χ1v) is 10.3. The van der Waals surface area contributed by atoms with E-state index in [0.717, 1.165) is 9.37 Å². The van der Waals surface area contributed by atoms with Crippen LogP contribution in [0.4, 0.5) is 5.69 Å². The molecule has 2 aromatic rings. The summed E-state index contributed by atoms with van der Waals surface area (Å²) in [6.07, 6.45) is 4.84. The molecule has 0 radical (unpaired) electrons. The summed E-state index contributed by atoms with van der Waals surface area (Å²) in [5, 5.41) is 0. The van der Waals surface area contributed by atoms with Crippen molar-refractivity contribution in [2.45, 2.75) is 12.8 Å². The molecule has 6 nitrogen and oxygen atoms in total. The van der Waals surface area contributed by atoms with Crippen LogP contribution >= 0.6 is 15.9 Å². The van der Waals surface area contributed by atoms with Crippen LogP contribution in [-0.4, -0.2) is 30.2 Å². The van der Waals surface area contributed by atoms with Gasteiger partial charge in [-0.25, -0.2) is 9.69 Å². The van der Waals surface area contributed by atoms with E-state index in [9.17, 15) is 19.2 Å². The summed E-state index contributed by atoms with van der Waals surface area (Å²) in [6.45, 7) is -0.439. The lowest BCUT2D eigenvalue weighted by atomic mass is 9.85. The van der Waals surface area contributed by atoms with Gasteiger partial charge in [0.25, 0.3) is 0 Å². The van der Waals surface area contributed by atoms with Gasteiger partial charge in [0, 0.05) is 10.0 Å². The fourth-order valence-corrected chi connectivity index (χ4v) is 4.07. The number of fused-ring (bicyclic) bond motifs is 1. The molecule has 0 spiro atoms. The minimum Gasteiger partial charge on any atom is -0.454 e. The Morgan fingerprint density at radius 3 is 2.17 bits per heavy atom. The Bertz CT molecular complexity index is 1030. The Balaban J connectivity index is 1.52. The Morgan fingerprint density at radius 1 is 0.933 bits per heavy atom. The number of esters is 1. The number of anilines is 1. The number of nitrogens with zero attached hydrogens (tertiary/aromatic N) is 1. The van der Waals surface area contributed by atoms with Crippen molar-refractivity contribution in [3.8, 4) is 0 Å². The largest absolute Gasteiger partial charge is 0.454 e. The van der Waals surface area contributed by atoms with E-state index in [1.54, 1.807) is 42.5 Å². The van der Waals surface area contributed by atoms with E-state index in [2.05, 4.69) is 15.9 Å². The standard InChI is InChI=1S/C23H18BrNO5/c24-15-11-9-14(10-12-15)20(26)13-30-23(29)18-7-3-4-8-19(18)25-21(27)16-5-1-2-6-17(16)22(25)28/h1-4,7-12,16-17H,5-6,13H2/t16-,17-/m1/s1. The van der Waals surface area contributed by atoms with Crippen LogP contribution in [0.2, 0.25) is 0 Å². The number of rotatable bonds is 5. The van der Waals surface area contributed by atoms with Gasteiger partial charge in [0.15, 0.2) is 12.4 Å². The van der Waals surface area contributed by atoms with Crippen molar-refractivity contribution < 1.29 is 23.9 Å². The van der Waals surface area contributed by atoms with Gasteiger partial charge >= 0.3 is 5.97 Å². The maximum atomic E-state index is 12.9. The molecule has 2 aromatic carbocycles. The molecule has 0 bridgehead atoms. The number of ketones is 1. The van der Waals surface area contributed by atoms with Crippen LogP contribution in [-0.2, 0) is 14.3 Å². The van der Waals surface area contributed by atoms with E-state index >= 15 is 0 Å². The molecule has 7 heteroatoms. The quantitative estimate of drug-likeness (QED) is 0.288. The SMILES string of the molecule is O=C(COC(=O)c1ccccc1N1C(=O)[C@@H]2CC=CC[C@H]2C1=O)c1ccc(Br)cc1. The van der Waals surface area contributed by atoms with Crippen molar-refractivity contribution >= 4 is 45.2 Å². The smallest absolute Gasteiger partial charge is 0.340 e. The molecular formula is C23H18BrNO5. The fraction of sp³-hybridized carbons (Fsp3) is 0.217. The van der Waals surface area contributed by atoms with Crippen LogP contribution in [0.3, 0.4) is 0 Å². The summed E-state index contributed by atoms with van der Waals surface area (Å²) in [7, 11) is 0. The number of hydrogen-bond donors (Lipinski definition) is 0. The Hall–Kier alpha value is -3.06. The summed E-state index contributed by atoms with van der Waals surface area (Å²) in [5.41, 5.74) is 0.693. The fourth-order valence-electron chi connectivity index (χ4n) is 3.81. The Labute approximate surface area is 181 Å². The predicted molar refractivity (Wildman–Crippen MR) is 113 cm³/mol. The van der Waals surface area contributed by atoms with Gasteiger partial charge in [-0.2, -0.15) is 0 Å². The second kappa shape index (κ2) is 8.36. The number of allylic oxidation sites excluding steroid dienone is 2. The molecule has 2 atom stereocenters. The third-order valence-corrected chi connectivity index (χ3v) is 5.90. The molecule has 1 aliphatic heterocycles. The molecule has 1 aliphatic carbocycles. The van der Waals surface area contributed by atoms with Crippen molar-refractivity contribution in [2.24, 2.45) is 11.8 Å². The van der Waals surface area contributed by atoms with Gasteiger partial charge in [-0.3, -0.25) is 14.4 Å². The lowest BCUT2D eigenvalue weighted by Gasteiger charge is -2.18. The summed E-state index contributed by atoms with van der Waals surface area (Å²) in [4.78, 5) is 51.8. The van der Waals surface area contributed by atoms with Gasteiger partial charge in [-0.15, -0.1) is 0 Å². The monoisotopic (exact) mass is 467 g/mol. The van der Waals surface area contributed by atoms with Gasteiger partial charge in [-0.05, 0) is 37.1 Å². The molecule has 2 aliphatic rings. The predicted octanol–water partition coefficient (Wildman–Crippen LogP) is 3.94. The number of hydrogen-bond acceptors (Lipinski definition) is 5. The van der Waals surface area contributed by atoms with Crippen molar-refractivity contribution in [3.05, 3.63) is 76.3 Å². The van der Waals surface area contributed by atoms with Gasteiger partial charge in [0.1, 0.15) is 0 Å². The molecule has 0 N–H and O–H groups in total. The highest BCUT2D eigenvalue weighted by Crippen LogP contribution is 2.38. The zero-order valence-corrected chi connectivity index (χ0v) is 17.5. The first-order valence-electron chi connectivity index (χ1n) is 9.55. The van der Waals surface area contributed by atoms with Gasteiger partial charge in [0.05, 0.1) is 23.1 Å². The lowest BCUT2D eigenvalue weighted by Crippen LogP contribution is -2.32.